The quantitative estimate of drug-likeness (QED) is 0.680. The van der Waals surface area contributed by atoms with Crippen molar-refractivity contribution in [1.82, 2.24) is 0 Å². The van der Waals surface area contributed by atoms with E-state index in [1.165, 1.54) is 0 Å². The first-order valence-corrected chi connectivity index (χ1v) is 11.0. The van der Waals surface area contributed by atoms with E-state index in [0.29, 0.717) is 13.2 Å². The molecule has 0 fully saturated rings. The highest BCUT2D eigenvalue weighted by molar-refractivity contribution is 6.80. The van der Waals surface area contributed by atoms with Gasteiger partial charge in [-0.3, -0.25) is 0 Å². The van der Waals surface area contributed by atoms with Crippen LogP contribution >= 0.6 is 0 Å². The van der Waals surface area contributed by atoms with Crippen LogP contribution in [-0.4, -0.2) is 33.0 Å². The molecule has 0 spiro atoms. The van der Waals surface area contributed by atoms with E-state index in [2.05, 4.69) is 6.55 Å². The minimum atomic E-state index is -2.50. The van der Waals surface area contributed by atoms with Gasteiger partial charge in [0.15, 0.2) is 0 Å². The molecule has 0 aliphatic heterocycles. The van der Waals surface area contributed by atoms with Crippen molar-refractivity contribution >= 4 is 13.7 Å². The topological polar surface area (TPSA) is 36.9 Å². The van der Waals surface area contributed by atoms with Gasteiger partial charge in [-0.2, -0.15) is 0 Å². The van der Waals surface area contributed by atoms with Crippen molar-refractivity contribution in [2.45, 2.75) is 73.1 Å². The van der Waals surface area contributed by atoms with E-state index in [1.807, 2.05) is 73.6 Å². The molecule has 0 N–H and O–H groups in total. The van der Waals surface area contributed by atoms with E-state index in [4.69, 9.17) is 18.3 Å². The zero-order valence-corrected chi connectivity index (χ0v) is 17.8. The SMILES string of the molecule is CCO[Si](C)(OCC)c1cc(OC(C)(C)C)cc(OC(C)(C)C)c1. The molecule has 1 aromatic rings. The van der Waals surface area contributed by atoms with E-state index < -0.39 is 8.56 Å². The zero-order valence-electron chi connectivity index (χ0n) is 16.8. The summed E-state index contributed by atoms with van der Waals surface area (Å²) in [5.41, 5.74) is -0.570. The standard InChI is InChI=1S/C19H34O4Si/c1-10-20-24(9,21-11-2)17-13-15(22-18(3,4)5)12-16(14-17)23-19(6,7)8/h12-14H,10-11H2,1-9H3. The minimum absolute atomic E-state index is 0.285. The van der Waals surface area contributed by atoms with Crippen molar-refractivity contribution in [3.05, 3.63) is 18.2 Å². The lowest BCUT2D eigenvalue weighted by Crippen LogP contribution is -2.51. The lowest BCUT2D eigenvalue weighted by atomic mass is 10.2. The zero-order chi connectivity index (χ0) is 18.6. The third kappa shape index (κ3) is 6.83. The normalized spacial score (nSPS) is 13.0. The summed E-state index contributed by atoms with van der Waals surface area (Å²) in [5, 5.41) is 1.02. The molecule has 0 saturated carbocycles. The second kappa shape index (κ2) is 7.89. The largest absolute Gasteiger partial charge is 0.488 e. The Morgan fingerprint density at radius 1 is 0.750 bits per heavy atom. The number of hydrogen-bond donors (Lipinski definition) is 0. The second-order valence-corrected chi connectivity index (χ2v) is 11.0. The number of rotatable bonds is 7. The van der Waals surface area contributed by atoms with Gasteiger partial charge >= 0.3 is 8.56 Å². The third-order valence-electron chi connectivity index (χ3n) is 3.09. The highest BCUT2D eigenvalue weighted by Crippen LogP contribution is 2.27. The van der Waals surface area contributed by atoms with Crippen LogP contribution in [0.4, 0.5) is 0 Å². The molecular formula is C19H34O4Si. The summed E-state index contributed by atoms with van der Waals surface area (Å²) in [4.78, 5) is 0. The number of ether oxygens (including phenoxy) is 2. The van der Waals surface area contributed by atoms with E-state index in [9.17, 15) is 0 Å². The van der Waals surface area contributed by atoms with Crippen LogP contribution < -0.4 is 14.7 Å². The summed E-state index contributed by atoms with van der Waals surface area (Å²) in [6.07, 6.45) is 0. The molecule has 0 amide bonds. The first-order valence-electron chi connectivity index (χ1n) is 8.70. The summed E-state index contributed by atoms with van der Waals surface area (Å²) in [7, 11) is -2.50. The second-order valence-electron chi connectivity index (χ2n) is 7.93. The molecular weight excluding hydrogens is 320 g/mol. The summed E-state index contributed by atoms with van der Waals surface area (Å²) < 4.78 is 24.2. The van der Waals surface area contributed by atoms with Crippen molar-refractivity contribution in [2.24, 2.45) is 0 Å². The molecule has 0 radical (unpaired) electrons. The van der Waals surface area contributed by atoms with E-state index >= 15 is 0 Å². The first-order chi connectivity index (χ1) is 10.9. The van der Waals surface area contributed by atoms with Gasteiger partial charge in [-0.05, 0) is 74.1 Å². The van der Waals surface area contributed by atoms with Crippen LogP contribution in [0.3, 0.4) is 0 Å². The fourth-order valence-electron chi connectivity index (χ4n) is 2.42. The molecule has 0 heterocycles. The molecule has 1 rings (SSSR count). The smallest absolute Gasteiger partial charge is 0.369 e. The van der Waals surface area contributed by atoms with Crippen LogP contribution in [0.2, 0.25) is 6.55 Å². The van der Waals surface area contributed by atoms with Gasteiger partial charge in [-0.15, -0.1) is 0 Å². The summed E-state index contributed by atoms with van der Waals surface area (Å²) in [5.74, 6) is 1.55. The predicted octanol–water partition coefficient (Wildman–Crippen LogP) is 4.39. The Hall–Kier alpha value is -1.04. The van der Waals surface area contributed by atoms with Crippen LogP contribution in [0, 0.1) is 0 Å². The molecule has 24 heavy (non-hydrogen) atoms. The van der Waals surface area contributed by atoms with Gasteiger partial charge in [0.1, 0.15) is 22.7 Å². The molecule has 138 valence electrons. The first kappa shape index (κ1) is 21.0. The molecule has 0 aliphatic rings. The average Bonchev–Trinajstić information content (AvgIpc) is 2.34. The monoisotopic (exact) mass is 354 g/mol. The highest BCUT2D eigenvalue weighted by atomic mass is 28.4. The van der Waals surface area contributed by atoms with Gasteiger partial charge in [0.2, 0.25) is 0 Å². The Morgan fingerprint density at radius 2 is 1.12 bits per heavy atom. The lowest BCUT2D eigenvalue weighted by Gasteiger charge is -2.29. The molecule has 5 heteroatoms. The summed E-state index contributed by atoms with van der Waals surface area (Å²) in [6.45, 7) is 19.5. The van der Waals surface area contributed by atoms with Crippen molar-refractivity contribution < 1.29 is 18.3 Å². The molecule has 0 bridgehead atoms. The fraction of sp³-hybridized carbons (Fsp3) is 0.684. The lowest BCUT2D eigenvalue weighted by molar-refractivity contribution is 0.121. The van der Waals surface area contributed by atoms with Crippen LogP contribution in [0.5, 0.6) is 11.5 Å². The van der Waals surface area contributed by atoms with Gasteiger partial charge < -0.3 is 18.3 Å². The fourth-order valence-corrected chi connectivity index (χ4v) is 4.75. The van der Waals surface area contributed by atoms with Crippen LogP contribution in [0.25, 0.3) is 0 Å². The van der Waals surface area contributed by atoms with E-state index in [-0.39, 0.29) is 11.2 Å². The van der Waals surface area contributed by atoms with E-state index in [0.717, 1.165) is 16.7 Å². The Morgan fingerprint density at radius 3 is 1.42 bits per heavy atom. The summed E-state index contributed by atoms with van der Waals surface area (Å²) >= 11 is 0. The van der Waals surface area contributed by atoms with Crippen molar-refractivity contribution in [1.29, 1.82) is 0 Å². The van der Waals surface area contributed by atoms with Gasteiger partial charge in [-0.1, -0.05) is 0 Å². The highest BCUT2D eigenvalue weighted by Gasteiger charge is 2.35. The molecule has 1 aromatic carbocycles. The van der Waals surface area contributed by atoms with Gasteiger partial charge in [0.05, 0.1) is 0 Å². The van der Waals surface area contributed by atoms with Gasteiger partial charge in [-0.25, -0.2) is 0 Å². The Bertz CT molecular complexity index is 489. The molecule has 0 aromatic heterocycles. The van der Waals surface area contributed by atoms with E-state index in [1.54, 1.807) is 0 Å². The van der Waals surface area contributed by atoms with Gasteiger partial charge in [0, 0.05) is 24.5 Å². The Balaban J connectivity index is 3.35. The van der Waals surface area contributed by atoms with Crippen molar-refractivity contribution in [3.8, 4) is 11.5 Å². The predicted molar refractivity (Wildman–Crippen MR) is 102 cm³/mol. The maximum Gasteiger partial charge on any atom is 0.369 e. The Labute approximate surface area is 148 Å². The Kier molecular flexibility index (Phi) is 6.91. The average molecular weight is 355 g/mol. The van der Waals surface area contributed by atoms with Crippen LogP contribution in [0.1, 0.15) is 55.4 Å². The number of benzene rings is 1. The van der Waals surface area contributed by atoms with Gasteiger partial charge in [0.25, 0.3) is 0 Å². The molecule has 0 aliphatic carbocycles. The number of hydrogen-bond acceptors (Lipinski definition) is 4. The third-order valence-corrected chi connectivity index (χ3v) is 6.11. The summed E-state index contributed by atoms with van der Waals surface area (Å²) in [6, 6.07) is 5.99. The van der Waals surface area contributed by atoms with Crippen LogP contribution in [0.15, 0.2) is 18.2 Å². The van der Waals surface area contributed by atoms with Crippen LogP contribution in [-0.2, 0) is 8.85 Å². The minimum Gasteiger partial charge on any atom is -0.488 e. The molecule has 0 saturated heterocycles. The molecule has 0 unspecified atom stereocenters. The van der Waals surface area contributed by atoms with Crippen molar-refractivity contribution in [2.75, 3.05) is 13.2 Å². The molecule has 4 nitrogen and oxygen atoms in total. The maximum absolute atomic E-state index is 6.08. The molecule has 0 atom stereocenters. The van der Waals surface area contributed by atoms with Crippen molar-refractivity contribution in [3.63, 3.8) is 0 Å². The maximum atomic E-state index is 6.08.